The summed E-state index contributed by atoms with van der Waals surface area (Å²) in [6.45, 7) is 1.89. The largest absolute Gasteiger partial charge is 0.383 e. The third-order valence-corrected chi connectivity index (χ3v) is 4.31. The summed E-state index contributed by atoms with van der Waals surface area (Å²) in [5.74, 6) is -0.255. The Kier molecular flexibility index (Phi) is 6.45. The van der Waals surface area contributed by atoms with Gasteiger partial charge in [0.05, 0.1) is 11.6 Å². The van der Waals surface area contributed by atoms with Crippen LogP contribution < -0.4 is 5.32 Å². The van der Waals surface area contributed by atoms with Crippen LogP contribution in [-0.4, -0.2) is 25.2 Å². The molecule has 0 aliphatic carbocycles. The molecule has 6 heteroatoms. The SMILES string of the molecule is COCCNCc1cc(F)ccc1Sc1ncccc1Cl. The first-order valence-electron chi connectivity index (χ1n) is 6.47. The highest BCUT2D eigenvalue weighted by molar-refractivity contribution is 7.99. The highest BCUT2D eigenvalue weighted by atomic mass is 35.5. The number of aromatic nitrogens is 1. The van der Waals surface area contributed by atoms with Crippen LogP contribution in [0.1, 0.15) is 5.56 Å². The number of nitrogens with one attached hydrogen (secondary N) is 1. The molecule has 0 saturated carbocycles. The van der Waals surface area contributed by atoms with Crippen LogP contribution in [0.25, 0.3) is 0 Å². The van der Waals surface area contributed by atoms with Crippen molar-refractivity contribution in [3.8, 4) is 0 Å². The van der Waals surface area contributed by atoms with Crippen molar-refractivity contribution in [3.63, 3.8) is 0 Å². The molecule has 0 unspecified atom stereocenters. The lowest BCUT2D eigenvalue weighted by Crippen LogP contribution is -2.19. The average Bonchev–Trinajstić information content (AvgIpc) is 2.48. The van der Waals surface area contributed by atoms with Crippen molar-refractivity contribution in [2.24, 2.45) is 0 Å². The molecule has 0 spiro atoms. The molecule has 0 saturated heterocycles. The number of rotatable bonds is 7. The Hall–Kier alpha value is -1.14. The molecular formula is C15H16ClFN2OS. The predicted molar refractivity (Wildman–Crippen MR) is 83.4 cm³/mol. The minimum atomic E-state index is -0.255. The quantitative estimate of drug-likeness (QED) is 0.786. The molecule has 1 aromatic heterocycles. The fourth-order valence-electron chi connectivity index (χ4n) is 1.73. The second-order valence-electron chi connectivity index (χ2n) is 4.31. The minimum absolute atomic E-state index is 0.255. The summed E-state index contributed by atoms with van der Waals surface area (Å²) in [6.07, 6.45) is 1.69. The van der Waals surface area contributed by atoms with E-state index in [1.165, 1.54) is 23.9 Å². The van der Waals surface area contributed by atoms with Crippen LogP contribution in [0.5, 0.6) is 0 Å². The summed E-state index contributed by atoms with van der Waals surface area (Å²) >= 11 is 7.55. The van der Waals surface area contributed by atoms with Crippen LogP contribution in [0.3, 0.4) is 0 Å². The maximum absolute atomic E-state index is 13.4. The van der Waals surface area contributed by atoms with Gasteiger partial charge in [0.15, 0.2) is 0 Å². The van der Waals surface area contributed by atoms with Gasteiger partial charge in [-0.15, -0.1) is 0 Å². The Morgan fingerprint density at radius 2 is 2.24 bits per heavy atom. The molecule has 0 amide bonds. The molecule has 1 aromatic carbocycles. The van der Waals surface area contributed by atoms with E-state index >= 15 is 0 Å². The van der Waals surface area contributed by atoms with Gasteiger partial charge in [-0.1, -0.05) is 23.4 Å². The molecule has 0 bridgehead atoms. The van der Waals surface area contributed by atoms with Gasteiger partial charge >= 0.3 is 0 Å². The van der Waals surface area contributed by atoms with Gasteiger partial charge in [-0.25, -0.2) is 9.37 Å². The van der Waals surface area contributed by atoms with Gasteiger partial charge in [-0.2, -0.15) is 0 Å². The summed E-state index contributed by atoms with van der Waals surface area (Å²) < 4.78 is 18.4. The summed E-state index contributed by atoms with van der Waals surface area (Å²) in [7, 11) is 1.65. The number of hydrogen-bond acceptors (Lipinski definition) is 4. The van der Waals surface area contributed by atoms with Crippen LogP contribution >= 0.6 is 23.4 Å². The molecule has 21 heavy (non-hydrogen) atoms. The highest BCUT2D eigenvalue weighted by Gasteiger charge is 2.09. The summed E-state index contributed by atoms with van der Waals surface area (Å²) in [4.78, 5) is 5.18. The van der Waals surface area contributed by atoms with E-state index in [0.29, 0.717) is 29.7 Å². The lowest BCUT2D eigenvalue weighted by atomic mass is 10.2. The zero-order valence-corrected chi connectivity index (χ0v) is 13.2. The van der Waals surface area contributed by atoms with Crippen molar-refractivity contribution in [3.05, 3.63) is 52.9 Å². The summed E-state index contributed by atoms with van der Waals surface area (Å²) in [5.41, 5.74) is 0.873. The van der Waals surface area contributed by atoms with Gasteiger partial charge in [-0.05, 0) is 35.9 Å². The van der Waals surface area contributed by atoms with Crippen molar-refractivity contribution in [1.29, 1.82) is 0 Å². The van der Waals surface area contributed by atoms with Crippen LogP contribution in [0.4, 0.5) is 4.39 Å². The van der Waals surface area contributed by atoms with E-state index in [4.69, 9.17) is 16.3 Å². The number of pyridine rings is 1. The predicted octanol–water partition coefficient (Wildman–Crippen LogP) is 3.76. The molecule has 112 valence electrons. The number of methoxy groups -OCH3 is 1. The van der Waals surface area contributed by atoms with Gasteiger partial charge in [-0.3, -0.25) is 0 Å². The Bertz CT molecular complexity index is 598. The van der Waals surface area contributed by atoms with E-state index in [9.17, 15) is 4.39 Å². The van der Waals surface area contributed by atoms with E-state index in [1.54, 1.807) is 31.5 Å². The molecule has 1 N–H and O–H groups in total. The Morgan fingerprint density at radius 1 is 1.38 bits per heavy atom. The second kappa shape index (κ2) is 8.34. The van der Waals surface area contributed by atoms with Gasteiger partial charge in [0, 0.05) is 31.3 Å². The van der Waals surface area contributed by atoms with Crippen LogP contribution in [0.2, 0.25) is 5.02 Å². The number of nitrogens with zero attached hydrogens (tertiary/aromatic N) is 1. The first-order valence-corrected chi connectivity index (χ1v) is 7.66. The topological polar surface area (TPSA) is 34.1 Å². The fourth-order valence-corrected chi connectivity index (χ4v) is 2.86. The first kappa shape index (κ1) is 16.2. The van der Waals surface area contributed by atoms with Gasteiger partial charge in [0.1, 0.15) is 10.8 Å². The van der Waals surface area contributed by atoms with Crippen molar-refractivity contribution in [2.45, 2.75) is 16.5 Å². The zero-order valence-electron chi connectivity index (χ0n) is 11.6. The lowest BCUT2D eigenvalue weighted by molar-refractivity contribution is 0.199. The zero-order chi connectivity index (χ0) is 15.1. The summed E-state index contributed by atoms with van der Waals surface area (Å²) in [5, 5.41) is 4.51. The Balaban J connectivity index is 2.13. The van der Waals surface area contributed by atoms with Crippen molar-refractivity contribution in [2.75, 3.05) is 20.3 Å². The number of hydrogen-bond donors (Lipinski definition) is 1. The molecule has 2 aromatic rings. The van der Waals surface area contributed by atoms with Crippen LogP contribution in [0, 0.1) is 5.82 Å². The van der Waals surface area contributed by atoms with Crippen molar-refractivity contribution < 1.29 is 9.13 Å². The Labute approximate surface area is 132 Å². The van der Waals surface area contributed by atoms with E-state index in [1.807, 2.05) is 0 Å². The molecule has 3 nitrogen and oxygen atoms in total. The van der Waals surface area contributed by atoms with E-state index in [2.05, 4.69) is 10.3 Å². The number of halogens is 2. The Morgan fingerprint density at radius 3 is 3.00 bits per heavy atom. The molecule has 2 rings (SSSR count). The standard InChI is InChI=1S/C15H16ClFN2OS/c1-20-8-7-18-10-11-9-12(17)4-5-14(11)21-15-13(16)3-2-6-19-15/h2-6,9,18H,7-8,10H2,1H3. The minimum Gasteiger partial charge on any atom is -0.383 e. The molecule has 0 atom stereocenters. The maximum atomic E-state index is 13.4. The molecule has 1 heterocycles. The monoisotopic (exact) mass is 326 g/mol. The molecule has 0 aliphatic heterocycles. The van der Waals surface area contributed by atoms with Gasteiger partial charge < -0.3 is 10.1 Å². The van der Waals surface area contributed by atoms with Gasteiger partial charge in [0.2, 0.25) is 0 Å². The second-order valence-corrected chi connectivity index (χ2v) is 5.75. The van der Waals surface area contributed by atoms with Crippen LogP contribution in [-0.2, 0) is 11.3 Å². The smallest absolute Gasteiger partial charge is 0.123 e. The van der Waals surface area contributed by atoms with Crippen molar-refractivity contribution in [1.82, 2.24) is 10.3 Å². The summed E-state index contributed by atoms with van der Waals surface area (Å²) in [6, 6.07) is 8.29. The van der Waals surface area contributed by atoms with Crippen LogP contribution in [0.15, 0.2) is 46.5 Å². The first-order chi connectivity index (χ1) is 10.2. The number of benzene rings is 1. The van der Waals surface area contributed by atoms with E-state index in [-0.39, 0.29) is 5.82 Å². The van der Waals surface area contributed by atoms with E-state index in [0.717, 1.165) is 10.5 Å². The van der Waals surface area contributed by atoms with Gasteiger partial charge in [0.25, 0.3) is 0 Å². The highest BCUT2D eigenvalue weighted by Crippen LogP contribution is 2.33. The number of ether oxygens (including phenoxy) is 1. The third-order valence-electron chi connectivity index (χ3n) is 2.75. The third kappa shape index (κ3) is 4.97. The average molecular weight is 327 g/mol. The lowest BCUT2D eigenvalue weighted by Gasteiger charge is -2.11. The molecule has 0 radical (unpaired) electrons. The molecule has 0 fully saturated rings. The van der Waals surface area contributed by atoms with E-state index < -0.39 is 0 Å². The molecular weight excluding hydrogens is 311 g/mol. The van der Waals surface area contributed by atoms with Crippen molar-refractivity contribution >= 4 is 23.4 Å². The molecule has 0 aliphatic rings. The fraction of sp³-hybridized carbons (Fsp3) is 0.267. The normalized spacial score (nSPS) is 10.8. The maximum Gasteiger partial charge on any atom is 0.123 e.